The zero-order chi connectivity index (χ0) is 13.7. The molecule has 110 valence electrons. The highest BCUT2D eigenvalue weighted by molar-refractivity contribution is 5.81. The Kier molecular flexibility index (Phi) is 5.64. The van der Waals surface area contributed by atoms with Crippen LogP contribution in [0.25, 0.3) is 0 Å². The molecule has 2 atom stereocenters. The first-order chi connectivity index (χ1) is 9.24. The highest BCUT2D eigenvalue weighted by Crippen LogP contribution is 2.21. The maximum Gasteiger partial charge on any atom is 0.239 e. The molecule has 4 nitrogen and oxygen atoms in total. The van der Waals surface area contributed by atoms with Crippen molar-refractivity contribution >= 4 is 5.91 Å². The minimum Gasteiger partial charge on any atom is -0.341 e. The molecule has 0 aromatic rings. The van der Waals surface area contributed by atoms with E-state index in [1.165, 1.54) is 38.5 Å². The summed E-state index contributed by atoms with van der Waals surface area (Å²) in [6, 6.07) is 0.583. The van der Waals surface area contributed by atoms with Crippen LogP contribution in [0.3, 0.4) is 0 Å². The molecular weight excluding hydrogens is 238 g/mol. The van der Waals surface area contributed by atoms with Crippen molar-refractivity contribution in [3.63, 3.8) is 0 Å². The molecule has 0 bridgehead atoms. The van der Waals surface area contributed by atoms with E-state index in [9.17, 15) is 4.79 Å². The third kappa shape index (κ3) is 3.69. The minimum atomic E-state index is 0.0525. The molecular formula is C15H29N3O. The lowest BCUT2D eigenvalue weighted by Gasteiger charge is -2.41. The van der Waals surface area contributed by atoms with E-state index in [0.717, 1.165) is 26.2 Å². The van der Waals surface area contributed by atoms with Crippen LogP contribution in [0.1, 0.15) is 45.4 Å². The minimum absolute atomic E-state index is 0.0525. The summed E-state index contributed by atoms with van der Waals surface area (Å²) in [5.41, 5.74) is 0. The SMILES string of the molecule is CNCC1CCCCN1C(C)C(=O)N1CCCCC1. The van der Waals surface area contributed by atoms with Crippen molar-refractivity contribution in [2.24, 2.45) is 0 Å². The van der Waals surface area contributed by atoms with Gasteiger partial charge in [0.25, 0.3) is 0 Å². The number of rotatable bonds is 4. The first-order valence-electron chi connectivity index (χ1n) is 7.93. The molecule has 4 heteroatoms. The van der Waals surface area contributed by atoms with Crippen LogP contribution in [0.4, 0.5) is 0 Å². The summed E-state index contributed by atoms with van der Waals surface area (Å²) in [6.45, 7) is 6.11. The second-order valence-electron chi connectivity index (χ2n) is 6.01. The number of carbonyl (C=O) groups excluding carboxylic acids is 1. The second kappa shape index (κ2) is 7.25. The quantitative estimate of drug-likeness (QED) is 0.837. The predicted molar refractivity (Wildman–Crippen MR) is 78.2 cm³/mol. The van der Waals surface area contributed by atoms with E-state index < -0.39 is 0 Å². The van der Waals surface area contributed by atoms with Crippen molar-refractivity contribution in [2.45, 2.75) is 57.5 Å². The second-order valence-corrected chi connectivity index (χ2v) is 6.01. The summed E-state index contributed by atoms with van der Waals surface area (Å²) in [5, 5.41) is 3.27. The third-order valence-electron chi connectivity index (χ3n) is 4.64. The molecule has 0 spiro atoms. The van der Waals surface area contributed by atoms with Gasteiger partial charge in [0.05, 0.1) is 6.04 Å². The van der Waals surface area contributed by atoms with E-state index in [2.05, 4.69) is 22.0 Å². The molecule has 0 saturated carbocycles. The zero-order valence-corrected chi connectivity index (χ0v) is 12.5. The predicted octanol–water partition coefficient (Wildman–Crippen LogP) is 1.46. The topological polar surface area (TPSA) is 35.6 Å². The van der Waals surface area contributed by atoms with E-state index in [0.29, 0.717) is 11.9 Å². The van der Waals surface area contributed by atoms with Crippen molar-refractivity contribution in [3.05, 3.63) is 0 Å². The largest absolute Gasteiger partial charge is 0.341 e. The molecule has 0 aromatic heterocycles. The Morgan fingerprint density at radius 3 is 2.53 bits per heavy atom. The Bertz CT molecular complexity index is 287. The van der Waals surface area contributed by atoms with Gasteiger partial charge >= 0.3 is 0 Å². The van der Waals surface area contributed by atoms with Crippen molar-refractivity contribution in [1.29, 1.82) is 0 Å². The van der Waals surface area contributed by atoms with Gasteiger partial charge < -0.3 is 10.2 Å². The lowest BCUT2D eigenvalue weighted by molar-refractivity contribution is -0.138. The fourth-order valence-corrected chi connectivity index (χ4v) is 3.51. The van der Waals surface area contributed by atoms with Gasteiger partial charge in [0.1, 0.15) is 0 Å². The molecule has 0 aliphatic carbocycles. The number of likely N-dealkylation sites (tertiary alicyclic amines) is 2. The summed E-state index contributed by atoms with van der Waals surface area (Å²) in [7, 11) is 2.00. The molecule has 2 aliphatic rings. The smallest absolute Gasteiger partial charge is 0.239 e. The lowest BCUT2D eigenvalue weighted by atomic mass is 9.99. The highest BCUT2D eigenvalue weighted by Gasteiger charge is 2.32. The molecule has 1 N–H and O–H groups in total. The number of nitrogens with one attached hydrogen (secondary N) is 1. The molecule has 2 rings (SSSR count). The summed E-state index contributed by atoms with van der Waals surface area (Å²) in [4.78, 5) is 17.1. The number of likely N-dealkylation sites (N-methyl/N-ethyl adjacent to an activating group) is 1. The van der Waals surface area contributed by atoms with Gasteiger partial charge in [-0.2, -0.15) is 0 Å². The fraction of sp³-hybridized carbons (Fsp3) is 0.933. The number of hydrogen-bond acceptors (Lipinski definition) is 3. The number of hydrogen-bond donors (Lipinski definition) is 1. The molecule has 2 saturated heterocycles. The maximum absolute atomic E-state index is 12.6. The normalized spacial score (nSPS) is 27.3. The van der Waals surface area contributed by atoms with Crippen molar-refractivity contribution in [1.82, 2.24) is 15.1 Å². The Hall–Kier alpha value is -0.610. The molecule has 0 radical (unpaired) electrons. The monoisotopic (exact) mass is 267 g/mol. The molecule has 0 aromatic carbocycles. The van der Waals surface area contributed by atoms with Crippen LogP contribution in [-0.4, -0.2) is 61.0 Å². The van der Waals surface area contributed by atoms with E-state index >= 15 is 0 Å². The van der Waals surface area contributed by atoms with Crippen molar-refractivity contribution in [3.8, 4) is 0 Å². The van der Waals surface area contributed by atoms with Gasteiger partial charge in [0, 0.05) is 25.7 Å². The number of carbonyl (C=O) groups is 1. The molecule has 19 heavy (non-hydrogen) atoms. The maximum atomic E-state index is 12.6. The van der Waals surface area contributed by atoms with E-state index in [1.54, 1.807) is 0 Å². The molecule has 1 amide bonds. The average molecular weight is 267 g/mol. The van der Waals surface area contributed by atoms with Crippen LogP contribution in [0, 0.1) is 0 Å². The summed E-state index contributed by atoms with van der Waals surface area (Å²) < 4.78 is 0. The Labute approximate surface area is 117 Å². The van der Waals surface area contributed by atoms with Crippen LogP contribution in [0.2, 0.25) is 0 Å². The average Bonchev–Trinajstić information content (AvgIpc) is 2.47. The van der Waals surface area contributed by atoms with E-state index in [4.69, 9.17) is 0 Å². The fourth-order valence-electron chi connectivity index (χ4n) is 3.51. The summed E-state index contributed by atoms with van der Waals surface area (Å²) in [5.74, 6) is 0.350. The van der Waals surface area contributed by atoms with Gasteiger partial charge in [-0.25, -0.2) is 0 Å². The van der Waals surface area contributed by atoms with Gasteiger partial charge in [-0.05, 0) is 52.6 Å². The molecule has 2 aliphatic heterocycles. The number of nitrogens with zero attached hydrogens (tertiary/aromatic N) is 2. The van der Waals surface area contributed by atoms with Gasteiger partial charge in [-0.15, -0.1) is 0 Å². The summed E-state index contributed by atoms with van der Waals surface area (Å²) >= 11 is 0. The van der Waals surface area contributed by atoms with Crippen LogP contribution in [0.5, 0.6) is 0 Å². The Balaban J connectivity index is 1.95. The van der Waals surface area contributed by atoms with Crippen LogP contribution in [-0.2, 0) is 4.79 Å². The van der Waals surface area contributed by atoms with Crippen LogP contribution >= 0.6 is 0 Å². The van der Waals surface area contributed by atoms with E-state index in [1.807, 2.05) is 7.05 Å². The molecule has 2 fully saturated rings. The van der Waals surface area contributed by atoms with Crippen LogP contribution < -0.4 is 5.32 Å². The van der Waals surface area contributed by atoms with E-state index in [-0.39, 0.29) is 6.04 Å². The summed E-state index contributed by atoms with van der Waals surface area (Å²) in [6.07, 6.45) is 7.39. The van der Waals surface area contributed by atoms with Gasteiger partial charge in [0.2, 0.25) is 5.91 Å². The Morgan fingerprint density at radius 1 is 1.16 bits per heavy atom. The first-order valence-corrected chi connectivity index (χ1v) is 7.93. The third-order valence-corrected chi connectivity index (χ3v) is 4.64. The van der Waals surface area contributed by atoms with Gasteiger partial charge in [-0.3, -0.25) is 9.69 Å². The Morgan fingerprint density at radius 2 is 1.84 bits per heavy atom. The van der Waals surface area contributed by atoms with Crippen molar-refractivity contribution in [2.75, 3.05) is 33.2 Å². The molecule has 2 unspecified atom stereocenters. The van der Waals surface area contributed by atoms with Gasteiger partial charge in [-0.1, -0.05) is 6.42 Å². The number of piperidine rings is 2. The van der Waals surface area contributed by atoms with Crippen LogP contribution in [0.15, 0.2) is 0 Å². The molecule has 2 heterocycles. The lowest BCUT2D eigenvalue weighted by Crippen LogP contribution is -2.55. The first kappa shape index (κ1) is 14.8. The van der Waals surface area contributed by atoms with Crippen molar-refractivity contribution < 1.29 is 4.79 Å². The number of amides is 1. The zero-order valence-electron chi connectivity index (χ0n) is 12.5. The standard InChI is InChI=1S/C15H29N3O/c1-13(15(19)17-9-5-3-6-10-17)18-11-7-4-8-14(18)12-16-2/h13-14,16H,3-12H2,1-2H3. The van der Waals surface area contributed by atoms with Gasteiger partial charge in [0.15, 0.2) is 0 Å². The highest BCUT2D eigenvalue weighted by atomic mass is 16.2.